The Kier molecular flexibility index (Phi) is 4.68. The minimum Gasteiger partial charge on any atom is -0.484 e. The summed E-state index contributed by atoms with van der Waals surface area (Å²) in [5, 5.41) is 7.83. The third kappa shape index (κ3) is 3.32. The number of para-hydroxylation sites is 1. The molecular weight excluding hydrogens is 472 g/mol. The van der Waals surface area contributed by atoms with E-state index in [1.54, 1.807) is 0 Å². The number of rotatable bonds is 2. The lowest BCUT2D eigenvalue weighted by atomic mass is 9.84. The van der Waals surface area contributed by atoms with Gasteiger partial charge in [0.05, 0.1) is 0 Å². The topological polar surface area (TPSA) is 9.23 Å². The standard InChI is InChI=1S/C38H30O/c1-38(2,3)26-17-11-23(12-18-26)27-19-13-24-16-22-31-28(20-14-25-15-21-30(27)35(24)36(25)31)32-8-6-9-33-29-7-4-5-10-34(29)39-37(32)33/h4-22,29,34H,1-3H3. The van der Waals surface area contributed by atoms with Crippen molar-refractivity contribution in [1.82, 2.24) is 0 Å². The second kappa shape index (κ2) is 8.07. The Morgan fingerprint density at radius 2 is 1.23 bits per heavy atom. The van der Waals surface area contributed by atoms with E-state index in [-0.39, 0.29) is 17.4 Å². The monoisotopic (exact) mass is 502 g/mol. The van der Waals surface area contributed by atoms with E-state index in [4.69, 9.17) is 4.74 Å². The van der Waals surface area contributed by atoms with Crippen LogP contribution in [0.15, 0.2) is 115 Å². The van der Waals surface area contributed by atoms with Gasteiger partial charge in [-0.2, -0.15) is 0 Å². The first-order chi connectivity index (χ1) is 19.0. The zero-order valence-electron chi connectivity index (χ0n) is 22.5. The van der Waals surface area contributed by atoms with E-state index in [9.17, 15) is 0 Å². The normalized spacial score (nSPS) is 18.1. The molecule has 0 spiro atoms. The van der Waals surface area contributed by atoms with E-state index in [0.29, 0.717) is 0 Å². The Balaban J connectivity index is 1.35. The van der Waals surface area contributed by atoms with Crippen LogP contribution >= 0.6 is 0 Å². The summed E-state index contributed by atoms with van der Waals surface area (Å²) >= 11 is 0. The lowest BCUT2D eigenvalue weighted by molar-refractivity contribution is 0.270. The van der Waals surface area contributed by atoms with Crippen molar-refractivity contribution in [3.8, 4) is 28.0 Å². The van der Waals surface area contributed by atoms with Gasteiger partial charge in [-0.15, -0.1) is 0 Å². The third-order valence-corrected chi connectivity index (χ3v) is 8.76. The van der Waals surface area contributed by atoms with Crippen LogP contribution < -0.4 is 4.74 Å². The molecule has 0 aromatic heterocycles. The van der Waals surface area contributed by atoms with E-state index in [2.05, 4.69) is 136 Å². The van der Waals surface area contributed by atoms with Gasteiger partial charge in [0.25, 0.3) is 0 Å². The van der Waals surface area contributed by atoms with Crippen LogP contribution in [0.4, 0.5) is 0 Å². The summed E-state index contributed by atoms with van der Waals surface area (Å²) in [5.41, 5.74) is 7.75. The Morgan fingerprint density at radius 3 is 1.95 bits per heavy atom. The summed E-state index contributed by atoms with van der Waals surface area (Å²) in [4.78, 5) is 0. The van der Waals surface area contributed by atoms with Gasteiger partial charge < -0.3 is 4.74 Å². The van der Waals surface area contributed by atoms with Gasteiger partial charge >= 0.3 is 0 Å². The van der Waals surface area contributed by atoms with Crippen molar-refractivity contribution in [1.29, 1.82) is 0 Å². The van der Waals surface area contributed by atoms with E-state index in [1.165, 1.54) is 65.7 Å². The minimum atomic E-state index is 0.0816. The lowest BCUT2D eigenvalue weighted by Crippen LogP contribution is -2.15. The van der Waals surface area contributed by atoms with Crippen molar-refractivity contribution >= 4 is 32.3 Å². The molecule has 0 radical (unpaired) electrons. The second-order valence-corrected chi connectivity index (χ2v) is 12.1. The van der Waals surface area contributed by atoms with Crippen molar-refractivity contribution in [2.45, 2.75) is 38.2 Å². The van der Waals surface area contributed by atoms with Gasteiger partial charge in [-0.3, -0.25) is 0 Å². The van der Waals surface area contributed by atoms with Gasteiger partial charge in [0.2, 0.25) is 0 Å². The molecule has 0 saturated heterocycles. The SMILES string of the molecule is CC(C)(C)c1ccc(-c2ccc3ccc4c(-c5cccc6c5OC5C=CC=CC65)ccc5ccc2c3c54)cc1. The highest BCUT2D eigenvalue weighted by molar-refractivity contribution is 6.27. The largest absolute Gasteiger partial charge is 0.484 e. The molecule has 39 heavy (non-hydrogen) atoms. The zero-order chi connectivity index (χ0) is 26.3. The van der Waals surface area contributed by atoms with Gasteiger partial charge in [-0.1, -0.05) is 130 Å². The molecule has 8 rings (SSSR count). The van der Waals surface area contributed by atoms with Crippen LogP contribution in [-0.2, 0) is 5.41 Å². The fourth-order valence-corrected chi connectivity index (χ4v) is 6.71. The van der Waals surface area contributed by atoms with Gasteiger partial charge in [0.15, 0.2) is 0 Å². The van der Waals surface area contributed by atoms with Gasteiger partial charge in [0, 0.05) is 17.0 Å². The molecular formula is C38H30O. The predicted molar refractivity (Wildman–Crippen MR) is 165 cm³/mol. The maximum absolute atomic E-state index is 6.56. The summed E-state index contributed by atoms with van der Waals surface area (Å²) in [6.07, 6.45) is 8.75. The van der Waals surface area contributed by atoms with Crippen LogP contribution in [0.25, 0.3) is 54.6 Å². The van der Waals surface area contributed by atoms with E-state index in [1.807, 2.05) is 0 Å². The van der Waals surface area contributed by atoms with Crippen molar-refractivity contribution in [3.05, 3.63) is 126 Å². The molecule has 1 aliphatic carbocycles. The minimum absolute atomic E-state index is 0.0816. The molecule has 0 saturated carbocycles. The number of ether oxygens (including phenoxy) is 1. The van der Waals surface area contributed by atoms with Crippen LogP contribution in [0.5, 0.6) is 5.75 Å². The van der Waals surface area contributed by atoms with Crippen LogP contribution in [0.2, 0.25) is 0 Å². The van der Waals surface area contributed by atoms with Crippen LogP contribution in [0, 0.1) is 0 Å². The summed E-state index contributed by atoms with van der Waals surface area (Å²) in [6, 6.07) is 34.1. The quantitative estimate of drug-likeness (QED) is 0.214. The fraction of sp³-hybridized carbons (Fsp3) is 0.158. The first-order valence-corrected chi connectivity index (χ1v) is 13.9. The predicted octanol–water partition coefficient (Wildman–Crippen LogP) is 10.2. The molecule has 6 aromatic carbocycles. The Hall–Kier alpha value is -4.36. The Bertz CT molecular complexity index is 1960. The van der Waals surface area contributed by atoms with Crippen LogP contribution in [-0.4, -0.2) is 6.10 Å². The highest BCUT2D eigenvalue weighted by Gasteiger charge is 2.34. The molecule has 1 aliphatic heterocycles. The Labute approximate surface area is 229 Å². The smallest absolute Gasteiger partial charge is 0.132 e. The van der Waals surface area contributed by atoms with E-state index >= 15 is 0 Å². The number of benzene rings is 6. The number of allylic oxidation sites excluding steroid dienone is 2. The molecule has 1 heteroatoms. The van der Waals surface area contributed by atoms with Crippen molar-refractivity contribution in [2.75, 3.05) is 0 Å². The molecule has 0 fully saturated rings. The van der Waals surface area contributed by atoms with Crippen LogP contribution in [0.3, 0.4) is 0 Å². The molecule has 6 aromatic rings. The Morgan fingerprint density at radius 1 is 0.590 bits per heavy atom. The van der Waals surface area contributed by atoms with Crippen molar-refractivity contribution in [3.63, 3.8) is 0 Å². The number of fused-ring (bicyclic) bond motifs is 3. The molecule has 0 N–H and O–H groups in total. The fourth-order valence-electron chi connectivity index (χ4n) is 6.71. The van der Waals surface area contributed by atoms with Crippen molar-refractivity contribution < 1.29 is 4.74 Å². The molecule has 2 atom stereocenters. The summed E-state index contributed by atoms with van der Waals surface area (Å²) in [7, 11) is 0. The first-order valence-electron chi connectivity index (χ1n) is 13.9. The average Bonchev–Trinajstić information content (AvgIpc) is 3.34. The van der Waals surface area contributed by atoms with E-state index in [0.717, 1.165) is 5.75 Å². The molecule has 1 nitrogen and oxygen atoms in total. The summed E-state index contributed by atoms with van der Waals surface area (Å²) < 4.78 is 6.56. The maximum atomic E-state index is 6.56. The van der Waals surface area contributed by atoms with Gasteiger partial charge in [-0.25, -0.2) is 0 Å². The summed E-state index contributed by atoms with van der Waals surface area (Å²) in [5.74, 6) is 1.32. The number of hydrogen-bond donors (Lipinski definition) is 0. The molecule has 0 bridgehead atoms. The molecule has 1 heterocycles. The number of hydrogen-bond acceptors (Lipinski definition) is 1. The van der Waals surface area contributed by atoms with Gasteiger partial charge in [0.1, 0.15) is 11.9 Å². The highest BCUT2D eigenvalue weighted by atomic mass is 16.5. The van der Waals surface area contributed by atoms with E-state index < -0.39 is 0 Å². The molecule has 0 amide bonds. The van der Waals surface area contributed by atoms with Crippen molar-refractivity contribution in [2.24, 2.45) is 0 Å². The van der Waals surface area contributed by atoms with Crippen LogP contribution in [0.1, 0.15) is 37.8 Å². The lowest BCUT2D eigenvalue weighted by Gasteiger charge is -2.20. The maximum Gasteiger partial charge on any atom is 0.132 e. The third-order valence-electron chi connectivity index (χ3n) is 8.76. The summed E-state index contributed by atoms with van der Waals surface area (Å²) in [6.45, 7) is 6.80. The molecule has 2 unspecified atom stereocenters. The highest BCUT2D eigenvalue weighted by Crippen LogP contribution is 2.49. The molecule has 2 aliphatic rings. The zero-order valence-corrected chi connectivity index (χ0v) is 22.5. The second-order valence-electron chi connectivity index (χ2n) is 12.1. The molecule has 188 valence electrons. The first kappa shape index (κ1) is 22.6. The average molecular weight is 503 g/mol. The van der Waals surface area contributed by atoms with Gasteiger partial charge in [-0.05, 0) is 66.1 Å².